The predicted octanol–water partition coefficient (Wildman–Crippen LogP) is 4.72. The van der Waals surface area contributed by atoms with Gasteiger partial charge in [0, 0.05) is 21.9 Å². The maximum absolute atomic E-state index is 5.63. The molecule has 90 valence electrons. The number of hydrogen-bond acceptors (Lipinski definition) is 1. The number of H-pyrrole nitrogens is 1. The molecule has 0 atom stereocenters. The first-order chi connectivity index (χ1) is 8.55. The maximum Gasteiger partial charge on any atom is 0.175 e. The summed E-state index contributed by atoms with van der Waals surface area (Å²) in [7, 11) is 0. The van der Waals surface area contributed by atoms with Crippen molar-refractivity contribution in [2.24, 2.45) is 0 Å². The highest BCUT2D eigenvalue weighted by atomic mass is 16.6. The van der Waals surface area contributed by atoms with Gasteiger partial charge in [-0.1, -0.05) is 39.0 Å². The normalized spacial score (nSPS) is 13.7. The van der Waals surface area contributed by atoms with Gasteiger partial charge in [0.2, 0.25) is 0 Å². The van der Waals surface area contributed by atoms with E-state index in [1.165, 1.54) is 27.4 Å². The lowest BCUT2D eigenvalue weighted by Gasteiger charge is -2.18. The highest BCUT2D eigenvalue weighted by molar-refractivity contribution is 6.10. The third-order valence-corrected chi connectivity index (χ3v) is 3.64. The van der Waals surface area contributed by atoms with Crippen LogP contribution in [0, 0.1) is 0 Å². The summed E-state index contributed by atoms with van der Waals surface area (Å²) in [6.07, 6.45) is 0. The van der Waals surface area contributed by atoms with Crippen molar-refractivity contribution in [1.29, 1.82) is 0 Å². The number of benzene rings is 2. The van der Waals surface area contributed by atoms with Crippen molar-refractivity contribution in [3.63, 3.8) is 0 Å². The molecule has 0 bridgehead atoms. The Morgan fingerprint density at radius 2 is 1.83 bits per heavy atom. The van der Waals surface area contributed by atoms with Crippen molar-refractivity contribution in [2.45, 2.75) is 26.2 Å². The van der Waals surface area contributed by atoms with Gasteiger partial charge in [0.25, 0.3) is 0 Å². The van der Waals surface area contributed by atoms with Gasteiger partial charge < -0.3 is 9.72 Å². The lowest BCUT2D eigenvalue weighted by Crippen LogP contribution is -2.10. The van der Waals surface area contributed by atoms with Gasteiger partial charge >= 0.3 is 0 Å². The maximum atomic E-state index is 5.63. The molecule has 3 aromatic rings. The van der Waals surface area contributed by atoms with Crippen LogP contribution in [0.3, 0.4) is 0 Å². The van der Waals surface area contributed by atoms with Gasteiger partial charge in [-0.3, -0.25) is 0 Å². The van der Waals surface area contributed by atoms with Gasteiger partial charge in [-0.2, -0.15) is 0 Å². The van der Waals surface area contributed by atoms with Gasteiger partial charge in [-0.15, -0.1) is 0 Å². The highest BCUT2D eigenvalue weighted by Gasteiger charge is 2.34. The van der Waals surface area contributed by atoms with Crippen LogP contribution in [-0.2, 0) is 5.41 Å². The SMILES string of the molecule is CC(C)(C)c1c2c(cc3c1[nH]c1ccccc13)O2. The smallest absolute Gasteiger partial charge is 0.175 e. The largest absolute Gasteiger partial charge is 0.449 e. The molecule has 0 amide bonds. The molecule has 4 rings (SSSR count). The van der Waals surface area contributed by atoms with Crippen LogP contribution in [0.5, 0.6) is 11.5 Å². The van der Waals surface area contributed by atoms with Gasteiger partial charge in [-0.25, -0.2) is 0 Å². The molecule has 0 saturated heterocycles. The molecule has 1 N–H and O–H groups in total. The average Bonchev–Trinajstić information content (AvgIpc) is 2.96. The van der Waals surface area contributed by atoms with Gasteiger partial charge in [0.15, 0.2) is 11.5 Å². The molecule has 0 unspecified atom stereocenters. The number of ether oxygens (including phenoxy) is 1. The van der Waals surface area contributed by atoms with E-state index in [0.717, 1.165) is 11.5 Å². The predicted molar refractivity (Wildman–Crippen MR) is 74.6 cm³/mol. The second kappa shape index (κ2) is 2.89. The Hall–Kier alpha value is -1.96. The summed E-state index contributed by atoms with van der Waals surface area (Å²) >= 11 is 0. The topological polar surface area (TPSA) is 28.3 Å². The number of aromatic amines is 1. The third kappa shape index (κ3) is 1.18. The summed E-state index contributed by atoms with van der Waals surface area (Å²) < 4.78 is 5.63. The summed E-state index contributed by atoms with van der Waals surface area (Å²) in [5.74, 6) is 2.11. The molecule has 0 spiro atoms. The summed E-state index contributed by atoms with van der Waals surface area (Å²) in [5, 5.41) is 2.54. The Morgan fingerprint density at radius 3 is 2.61 bits per heavy atom. The van der Waals surface area contributed by atoms with Crippen molar-refractivity contribution >= 4 is 21.8 Å². The summed E-state index contributed by atoms with van der Waals surface area (Å²) in [6, 6.07) is 10.6. The van der Waals surface area contributed by atoms with E-state index in [-0.39, 0.29) is 5.41 Å². The number of fused-ring (bicyclic) bond motifs is 4. The number of aromatic nitrogens is 1. The van der Waals surface area contributed by atoms with E-state index in [4.69, 9.17) is 4.74 Å². The zero-order valence-electron chi connectivity index (χ0n) is 10.8. The van der Waals surface area contributed by atoms with E-state index in [1.807, 2.05) is 0 Å². The fraction of sp³-hybridized carbons (Fsp3) is 0.250. The molecule has 0 fully saturated rings. The van der Waals surface area contributed by atoms with Gasteiger partial charge in [0.1, 0.15) is 0 Å². The van der Waals surface area contributed by atoms with E-state index in [9.17, 15) is 0 Å². The van der Waals surface area contributed by atoms with E-state index < -0.39 is 0 Å². The Labute approximate surface area is 106 Å². The van der Waals surface area contributed by atoms with Crippen molar-refractivity contribution in [1.82, 2.24) is 4.98 Å². The molecule has 1 aliphatic heterocycles. The first-order valence-electron chi connectivity index (χ1n) is 6.31. The molecular weight excluding hydrogens is 222 g/mol. The lowest BCUT2D eigenvalue weighted by molar-refractivity contribution is 0.569. The first kappa shape index (κ1) is 10.0. The van der Waals surface area contributed by atoms with Crippen LogP contribution in [0.2, 0.25) is 0 Å². The lowest BCUT2D eigenvalue weighted by atomic mass is 9.85. The zero-order chi connectivity index (χ0) is 12.5. The molecular formula is C16H15NO. The second-order valence-corrected chi connectivity index (χ2v) is 6.02. The summed E-state index contributed by atoms with van der Waals surface area (Å²) in [6.45, 7) is 6.69. The van der Waals surface area contributed by atoms with E-state index in [0.29, 0.717) is 0 Å². The number of para-hydroxylation sites is 1. The Balaban J connectivity index is 2.23. The van der Waals surface area contributed by atoms with Crippen LogP contribution in [0.1, 0.15) is 26.3 Å². The Morgan fingerprint density at radius 1 is 1.06 bits per heavy atom. The summed E-state index contributed by atoms with van der Waals surface area (Å²) in [4.78, 5) is 3.55. The standard InChI is InChI=1S/C16H15NO/c1-16(2,3)13-14-10(8-12-15(13)18-12)9-6-4-5-7-11(9)17-14/h4-8,17H,1-3H3. The third-order valence-electron chi connectivity index (χ3n) is 3.64. The molecule has 1 aliphatic rings. The van der Waals surface area contributed by atoms with Crippen LogP contribution in [0.4, 0.5) is 0 Å². The first-order valence-corrected chi connectivity index (χ1v) is 6.31. The zero-order valence-corrected chi connectivity index (χ0v) is 10.8. The molecule has 2 nitrogen and oxygen atoms in total. The van der Waals surface area contributed by atoms with Crippen molar-refractivity contribution in [3.05, 3.63) is 35.9 Å². The molecule has 2 heterocycles. The molecule has 2 heteroatoms. The molecule has 0 aliphatic carbocycles. The minimum absolute atomic E-state index is 0.0843. The molecule has 18 heavy (non-hydrogen) atoms. The Bertz CT molecular complexity index is 790. The second-order valence-electron chi connectivity index (χ2n) is 6.02. The average molecular weight is 237 g/mol. The van der Waals surface area contributed by atoms with E-state index >= 15 is 0 Å². The molecule has 1 aromatic heterocycles. The van der Waals surface area contributed by atoms with Crippen LogP contribution in [0.25, 0.3) is 21.8 Å². The fourth-order valence-electron chi connectivity index (χ4n) is 2.82. The number of rotatable bonds is 0. The van der Waals surface area contributed by atoms with Gasteiger partial charge in [0.05, 0.1) is 5.52 Å². The van der Waals surface area contributed by atoms with E-state index in [2.05, 4.69) is 56.1 Å². The Kier molecular flexibility index (Phi) is 1.61. The van der Waals surface area contributed by atoms with Crippen LogP contribution in [0.15, 0.2) is 30.3 Å². The summed E-state index contributed by atoms with van der Waals surface area (Å²) in [5.41, 5.74) is 3.80. The van der Waals surface area contributed by atoms with Crippen LogP contribution >= 0.6 is 0 Å². The monoisotopic (exact) mass is 237 g/mol. The fourth-order valence-corrected chi connectivity index (χ4v) is 2.82. The van der Waals surface area contributed by atoms with Crippen LogP contribution in [-0.4, -0.2) is 4.98 Å². The van der Waals surface area contributed by atoms with Gasteiger partial charge in [-0.05, 0) is 17.5 Å². The highest BCUT2D eigenvalue weighted by Crippen LogP contribution is 2.55. The van der Waals surface area contributed by atoms with E-state index in [1.54, 1.807) is 0 Å². The number of nitrogens with one attached hydrogen (secondary N) is 1. The van der Waals surface area contributed by atoms with Crippen molar-refractivity contribution in [3.8, 4) is 11.5 Å². The van der Waals surface area contributed by atoms with Crippen LogP contribution < -0.4 is 4.74 Å². The quantitative estimate of drug-likeness (QED) is 0.440. The minimum atomic E-state index is 0.0843. The van der Waals surface area contributed by atoms with Crippen molar-refractivity contribution in [2.75, 3.05) is 0 Å². The molecule has 0 saturated carbocycles. The van der Waals surface area contributed by atoms with Crippen molar-refractivity contribution < 1.29 is 4.74 Å². The minimum Gasteiger partial charge on any atom is -0.449 e. The number of hydrogen-bond donors (Lipinski definition) is 1. The molecule has 2 aromatic carbocycles. The molecule has 0 radical (unpaired) electrons.